The van der Waals surface area contributed by atoms with Gasteiger partial charge in [0.2, 0.25) is 5.95 Å². The van der Waals surface area contributed by atoms with E-state index in [2.05, 4.69) is 142 Å². The first kappa shape index (κ1) is 24.3. The Morgan fingerprint density at radius 3 is 1.98 bits per heavy atom. The molecule has 0 saturated carbocycles. The first-order chi connectivity index (χ1) is 22.9. The molecule has 0 fully saturated rings. The van der Waals surface area contributed by atoms with Gasteiger partial charge in [0.15, 0.2) is 0 Å². The fourth-order valence-corrected chi connectivity index (χ4v) is 8.34. The zero-order chi connectivity index (χ0) is 29.9. The smallest absolute Gasteiger partial charge is 0.235 e. The summed E-state index contributed by atoms with van der Waals surface area (Å²) in [6.45, 7) is 0. The molecule has 4 heterocycles. The normalized spacial score (nSPS) is 13.2. The fraction of sp³-hybridized carbons (Fsp3) is 0.0476. The van der Waals surface area contributed by atoms with Crippen LogP contribution < -0.4 is 5.22 Å². The molecule has 0 amide bonds. The Morgan fingerprint density at radius 1 is 0.500 bits per heavy atom. The Kier molecular flexibility index (Phi) is 4.66. The second-order valence-electron chi connectivity index (χ2n) is 12.4. The lowest BCUT2D eigenvalue weighted by atomic mass is 9.94. The molecule has 0 atom stereocenters. The SMILES string of the molecule is C1=c2c3ccccc3n3c2c(c2c4ccccc4c4c5ccccc5n(-c5nc(-c6ccccc6)c6ccccc6n5)c4c23)CC1. The molecular weight excluding hydrogens is 560 g/mol. The van der Waals surface area contributed by atoms with Gasteiger partial charge in [-0.15, -0.1) is 0 Å². The number of hydrogen-bond donors (Lipinski definition) is 0. The van der Waals surface area contributed by atoms with Gasteiger partial charge in [-0.05, 0) is 47.4 Å². The van der Waals surface area contributed by atoms with Gasteiger partial charge in [-0.3, -0.25) is 4.57 Å². The highest BCUT2D eigenvalue weighted by Gasteiger charge is 2.28. The van der Waals surface area contributed by atoms with E-state index in [9.17, 15) is 0 Å². The van der Waals surface area contributed by atoms with Gasteiger partial charge in [-0.1, -0.05) is 115 Å². The maximum atomic E-state index is 5.42. The molecule has 0 spiro atoms. The van der Waals surface area contributed by atoms with E-state index < -0.39 is 0 Å². The number of aromatic nitrogens is 4. The van der Waals surface area contributed by atoms with Crippen LogP contribution >= 0.6 is 0 Å². The van der Waals surface area contributed by atoms with E-state index in [0.29, 0.717) is 5.95 Å². The van der Waals surface area contributed by atoms with E-state index in [-0.39, 0.29) is 0 Å². The lowest BCUT2D eigenvalue weighted by Crippen LogP contribution is -2.05. The van der Waals surface area contributed by atoms with Gasteiger partial charge >= 0.3 is 0 Å². The van der Waals surface area contributed by atoms with E-state index in [1.807, 2.05) is 0 Å². The molecule has 6 aromatic carbocycles. The van der Waals surface area contributed by atoms with Crippen LogP contribution in [0.5, 0.6) is 0 Å². The topological polar surface area (TPSA) is 35.1 Å². The summed E-state index contributed by atoms with van der Waals surface area (Å²) in [6.07, 6.45) is 4.51. The zero-order valence-corrected chi connectivity index (χ0v) is 24.9. The van der Waals surface area contributed by atoms with Crippen molar-refractivity contribution < 1.29 is 0 Å². The number of para-hydroxylation sites is 3. The van der Waals surface area contributed by atoms with Crippen molar-refractivity contribution in [1.82, 2.24) is 18.9 Å². The molecule has 4 aromatic heterocycles. The fourth-order valence-electron chi connectivity index (χ4n) is 8.34. The van der Waals surface area contributed by atoms with E-state index in [4.69, 9.17) is 9.97 Å². The Balaban J connectivity index is 1.44. The molecule has 4 nitrogen and oxygen atoms in total. The van der Waals surface area contributed by atoms with Crippen LogP contribution in [0.3, 0.4) is 0 Å². The van der Waals surface area contributed by atoms with Gasteiger partial charge in [-0.2, -0.15) is 0 Å². The van der Waals surface area contributed by atoms with Crippen LogP contribution in [0.15, 0.2) is 127 Å². The Hall–Kier alpha value is -6.00. The predicted molar refractivity (Wildman–Crippen MR) is 191 cm³/mol. The molecule has 4 heteroatoms. The molecule has 1 aliphatic carbocycles. The summed E-state index contributed by atoms with van der Waals surface area (Å²) in [5.74, 6) is 0.689. The summed E-state index contributed by atoms with van der Waals surface area (Å²) in [4.78, 5) is 10.7. The van der Waals surface area contributed by atoms with Crippen molar-refractivity contribution in [2.45, 2.75) is 12.8 Å². The Morgan fingerprint density at radius 2 is 1.15 bits per heavy atom. The van der Waals surface area contributed by atoms with E-state index >= 15 is 0 Å². The predicted octanol–water partition coefficient (Wildman–Crippen LogP) is 9.55. The van der Waals surface area contributed by atoms with Gasteiger partial charge in [0.25, 0.3) is 0 Å². The van der Waals surface area contributed by atoms with E-state index in [0.717, 1.165) is 46.0 Å². The van der Waals surface area contributed by atoms with E-state index in [1.54, 1.807) is 0 Å². The van der Waals surface area contributed by atoms with Gasteiger partial charge in [-0.25, -0.2) is 9.97 Å². The number of rotatable bonds is 2. The first-order valence-electron chi connectivity index (χ1n) is 16.0. The molecule has 0 bridgehead atoms. The van der Waals surface area contributed by atoms with Gasteiger partial charge in [0.1, 0.15) is 0 Å². The quantitative estimate of drug-likeness (QED) is 0.202. The van der Waals surface area contributed by atoms with E-state index in [1.165, 1.54) is 59.6 Å². The highest BCUT2D eigenvalue weighted by Crippen LogP contribution is 2.46. The van der Waals surface area contributed by atoms with Crippen molar-refractivity contribution in [2.24, 2.45) is 0 Å². The van der Waals surface area contributed by atoms with Crippen molar-refractivity contribution in [2.75, 3.05) is 0 Å². The molecule has 0 saturated heterocycles. The minimum absolute atomic E-state index is 0.689. The third kappa shape index (κ3) is 2.99. The molecule has 46 heavy (non-hydrogen) atoms. The summed E-state index contributed by atoms with van der Waals surface area (Å²) in [5, 5.41) is 10.1. The molecule has 0 aliphatic heterocycles. The summed E-state index contributed by atoms with van der Waals surface area (Å²) in [5.41, 5.74) is 10.5. The largest absolute Gasteiger partial charge is 0.306 e. The number of benzene rings is 6. The zero-order valence-electron chi connectivity index (χ0n) is 24.9. The average Bonchev–Trinajstić information content (AvgIpc) is 3.77. The van der Waals surface area contributed by atoms with Crippen LogP contribution in [0.1, 0.15) is 12.0 Å². The van der Waals surface area contributed by atoms with Crippen LogP contribution in [0.25, 0.3) is 94.1 Å². The molecule has 0 N–H and O–H groups in total. The lowest BCUT2D eigenvalue weighted by molar-refractivity contribution is 1.01. The third-order valence-corrected chi connectivity index (χ3v) is 10.1. The maximum Gasteiger partial charge on any atom is 0.235 e. The van der Waals surface area contributed by atoms with Crippen molar-refractivity contribution in [3.63, 3.8) is 0 Å². The minimum atomic E-state index is 0.689. The first-order valence-corrected chi connectivity index (χ1v) is 16.0. The Bertz CT molecular complexity index is 2960. The maximum absolute atomic E-state index is 5.42. The molecule has 10 aromatic rings. The standard InChI is InChI=1S/C42H26N4/c1-2-13-25(14-3-1)38-30-18-6-9-22-33(30)43-42(44-38)46-35-24-11-8-19-31(35)36-27-16-4-5-17-28(27)37-32-21-12-20-29-26-15-7-10-23-34(26)45(39(29)32)40(37)41(36)46/h1-11,13-20,22-24H,12,21H2. The lowest BCUT2D eigenvalue weighted by Gasteiger charge is -2.13. The number of nitrogens with zero attached hydrogens (tertiary/aromatic N) is 4. The molecule has 0 radical (unpaired) electrons. The number of hydrogen-bond acceptors (Lipinski definition) is 2. The van der Waals surface area contributed by atoms with Crippen LogP contribution in [-0.4, -0.2) is 18.9 Å². The third-order valence-electron chi connectivity index (χ3n) is 10.1. The monoisotopic (exact) mass is 586 g/mol. The molecule has 11 rings (SSSR count). The molecule has 214 valence electrons. The van der Waals surface area contributed by atoms with Crippen LogP contribution in [0.2, 0.25) is 0 Å². The van der Waals surface area contributed by atoms with Gasteiger partial charge in [0.05, 0.1) is 38.8 Å². The van der Waals surface area contributed by atoms with Crippen molar-refractivity contribution >= 4 is 76.9 Å². The van der Waals surface area contributed by atoms with Crippen molar-refractivity contribution in [1.29, 1.82) is 0 Å². The molecule has 0 unspecified atom stereocenters. The second-order valence-corrected chi connectivity index (χ2v) is 12.4. The second kappa shape index (κ2) is 8.80. The summed E-state index contributed by atoms with van der Waals surface area (Å²) in [6, 6.07) is 45.5. The average molecular weight is 587 g/mol. The van der Waals surface area contributed by atoms with Gasteiger partial charge in [0, 0.05) is 37.7 Å². The van der Waals surface area contributed by atoms with Crippen LogP contribution in [0.4, 0.5) is 0 Å². The molecule has 1 aliphatic rings. The summed E-state index contributed by atoms with van der Waals surface area (Å²) < 4.78 is 4.89. The number of fused-ring (bicyclic) bond motifs is 14. The summed E-state index contributed by atoms with van der Waals surface area (Å²) in [7, 11) is 0. The van der Waals surface area contributed by atoms with Crippen molar-refractivity contribution in [3.8, 4) is 17.2 Å². The van der Waals surface area contributed by atoms with Crippen LogP contribution in [0, 0.1) is 0 Å². The highest BCUT2D eigenvalue weighted by atomic mass is 15.2. The van der Waals surface area contributed by atoms with Crippen molar-refractivity contribution in [3.05, 3.63) is 138 Å². The van der Waals surface area contributed by atoms with Gasteiger partial charge < -0.3 is 4.40 Å². The van der Waals surface area contributed by atoms with Crippen LogP contribution in [-0.2, 0) is 6.42 Å². The molecular formula is C42H26N4. The number of aryl methyl sites for hydroxylation is 1. The summed E-state index contributed by atoms with van der Waals surface area (Å²) >= 11 is 0. The minimum Gasteiger partial charge on any atom is -0.306 e. The Labute approximate surface area is 263 Å². The highest BCUT2D eigenvalue weighted by molar-refractivity contribution is 6.33.